The number of piperazine rings is 2. The first-order valence-electron chi connectivity index (χ1n) is 12.5. The molecule has 4 heterocycles. The van der Waals surface area contributed by atoms with Crippen molar-refractivity contribution in [3.63, 3.8) is 0 Å². The van der Waals surface area contributed by atoms with E-state index in [1.165, 1.54) is 12.1 Å². The number of likely N-dealkylation sites (N-methyl/N-ethyl adjacent to an activating group) is 1. The fourth-order valence-corrected chi connectivity index (χ4v) is 5.71. The number of halogens is 2. The number of anilines is 1. The van der Waals surface area contributed by atoms with E-state index in [0.717, 1.165) is 6.54 Å². The molecule has 3 aliphatic rings. The monoisotopic (exact) mass is 527 g/mol. The molecule has 196 valence electrons. The normalized spacial score (nSPS) is 24.2. The standard InChI is InChI=1S/C27H31ClFN5O3/c1-5-21(35)32-11-13-34-18(14-32)15-37-25-22(27(34)36)26(33-12-10-31(4)16(2)17(33)3)30-24(23(25)28)19-8-6-7-9-20(19)29/h5-9,16-18H,1,10-15H2,2-4H3/t16-,17-,18+/m0/s1. The van der Waals surface area contributed by atoms with Crippen LogP contribution in [0.3, 0.4) is 0 Å². The number of benzene rings is 1. The number of rotatable bonds is 3. The van der Waals surface area contributed by atoms with Crippen molar-refractivity contribution in [3.05, 3.63) is 53.3 Å². The van der Waals surface area contributed by atoms with Crippen LogP contribution in [0.1, 0.15) is 24.2 Å². The number of nitrogens with zero attached hydrogens (tertiary/aromatic N) is 5. The first kappa shape index (κ1) is 25.5. The van der Waals surface area contributed by atoms with Crippen LogP contribution in [0.2, 0.25) is 5.02 Å². The van der Waals surface area contributed by atoms with Gasteiger partial charge in [0.25, 0.3) is 5.91 Å². The SMILES string of the molecule is C=CC(=O)N1CCN2C(=O)c3c(N4CCN(C)[C@@H](C)[C@@H]4C)nc(-c4ccccc4F)c(Cl)c3OC[C@H]2C1. The van der Waals surface area contributed by atoms with Crippen LogP contribution in [0.15, 0.2) is 36.9 Å². The second-order valence-electron chi connectivity index (χ2n) is 9.89. The maximum Gasteiger partial charge on any atom is 0.261 e. The molecule has 0 spiro atoms. The van der Waals surface area contributed by atoms with Crippen LogP contribution < -0.4 is 9.64 Å². The third-order valence-electron chi connectivity index (χ3n) is 7.92. The molecule has 0 saturated carbocycles. The molecule has 8 nitrogen and oxygen atoms in total. The van der Waals surface area contributed by atoms with Gasteiger partial charge in [0.2, 0.25) is 5.91 Å². The highest BCUT2D eigenvalue weighted by Crippen LogP contribution is 2.44. The van der Waals surface area contributed by atoms with Crippen molar-refractivity contribution in [2.45, 2.75) is 32.0 Å². The molecule has 3 aliphatic heterocycles. The Morgan fingerprint density at radius 2 is 1.89 bits per heavy atom. The summed E-state index contributed by atoms with van der Waals surface area (Å²) in [7, 11) is 2.07. The van der Waals surface area contributed by atoms with Gasteiger partial charge in [0.15, 0.2) is 5.75 Å². The number of carbonyl (C=O) groups excluding carboxylic acids is 2. The zero-order valence-electron chi connectivity index (χ0n) is 21.3. The Morgan fingerprint density at radius 1 is 1.16 bits per heavy atom. The molecule has 2 saturated heterocycles. The molecule has 2 aromatic rings. The van der Waals surface area contributed by atoms with Crippen LogP contribution in [0, 0.1) is 5.82 Å². The quantitative estimate of drug-likeness (QED) is 0.571. The Balaban J connectivity index is 1.66. The first-order valence-corrected chi connectivity index (χ1v) is 12.9. The maximum atomic E-state index is 14.9. The summed E-state index contributed by atoms with van der Waals surface area (Å²) in [4.78, 5) is 39.0. The Bertz CT molecular complexity index is 1260. The molecule has 37 heavy (non-hydrogen) atoms. The lowest BCUT2D eigenvalue weighted by Crippen LogP contribution is -2.58. The van der Waals surface area contributed by atoms with Crippen LogP contribution >= 0.6 is 11.6 Å². The van der Waals surface area contributed by atoms with E-state index >= 15 is 0 Å². The maximum absolute atomic E-state index is 14.9. The molecule has 2 amide bonds. The van der Waals surface area contributed by atoms with E-state index in [9.17, 15) is 14.0 Å². The van der Waals surface area contributed by atoms with Crippen LogP contribution in [-0.2, 0) is 4.79 Å². The Labute approximate surface area is 221 Å². The van der Waals surface area contributed by atoms with Crippen molar-refractivity contribution in [1.82, 2.24) is 19.7 Å². The second-order valence-corrected chi connectivity index (χ2v) is 10.3. The van der Waals surface area contributed by atoms with E-state index in [1.54, 1.807) is 28.0 Å². The Hall–Kier alpha value is -3.17. The number of fused-ring (bicyclic) bond motifs is 2. The number of aromatic nitrogens is 1. The van der Waals surface area contributed by atoms with E-state index in [4.69, 9.17) is 21.3 Å². The van der Waals surface area contributed by atoms with E-state index in [0.29, 0.717) is 37.6 Å². The highest BCUT2D eigenvalue weighted by atomic mass is 35.5. The van der Waals surface area contributed by atoms with E-state index in [2.05, 4.69) is 37.3 Å². The Kier molecular flexibility index (Phi) is 6.85. The molecule has 0 aliphatic carbocycles. The zero-order valence-corrected chi connectivity index (χ0v) is 22.0. The predicted molar refractivity (Wildman–Crippen MR) is 141 cm³/mol. The van der Waals surface area contributed by atoms with Gasteiger partial charge >= 0.3 is 0 Å². The van der Waals surface area contributed by atoms with Crippen molar-refractivity contribution in [1.29, 1.82) is 0 Å². The third kappa shape index (κ3) is 4.34. The molecule has 0 N–H and O–H groups in total. The van der Waals surface area contributed by atoms with E-state index in [-0.39, 0.29) is 58.6 Å². The zero-order chi connectivity index (χ0) is 26.4. The summed E-state index contributed by atoms with van der Waals surface area (Å²) in [5.41, 5.74) is 0.773. The number of hydrogen-bond donors (Lipinski definition) is 0. The van der Waals surface area contributed by atoms with Crippen molar-refractivity contribution >= 4 is 29.2 Å². The highest BCUT2D eigenvalue weighted by Gasteiger charge is 2.42. The second kappa shape index (κ2) is 9.95. The molecule has 0 radical (unpaired) electrons. The van der Waals surface area contributed by atoms with Crippen LogP contribution in [0.4, 0.5) is 10.2 Å². The molecule has 3 atom stereocenters. The van der Waals surface area contributed by atoms with E-state index in [1.807, 2.05) is 0 Å². The predicted octanol–water partition coefficient (Wildman–Crippen LogP) is 3.30. The van der Waals surface area contributed by atoms with Crippen molar-refractivity contribution in [3.8, 4) is 17.0 Å². The molecule has 0 bridgehead atoms. The van der Waals surface area contributed by atoms with Gasteiger partial charge in [-0.3, -0.25) is 14.5 Å². The number of hydrogen-bond acceptors (Lipinski definition) is 6. The number of amides is 2. The summed E-state index contributed by atoms with van der Waals surface area (Å²) in [6.45, 7) is 10.4. The molecular formula is C27H31ClFN5O3. The molecule has 1 aromatic carbocycles. The van der Waals surface area contributed by atoms with Crippen LogP contribution in [0.5, 0.6) is 5.75 Å². The van der Waals surface area contributed by atoms with Crippen molar-refractivity contribution in [2.75, 3.05) is 51.3 Å². The topological polar surface area (TPSA) is 69.2 Å². The Morgan fingerprint density at radius 3 is 2.62 bits per heavy atom. The van der Waals surface area contributed by atoms with Gasteiger partial charge in [-0.2, -0.15) is 0 Å². The minimum atomic E-state index is -0.460. The molecule has 1 aromatic heterocycles. The largest absolute Gasteiger partial charge is 0.489 e. The summed E-state index contributed by atoms with van der Waals surface area (Å²) < 4.78 is 21.2. The van der Waals surface area contributed by atoms with Gasteiger partial charge in [-0.1, -0.05) is 30.3 Å². The lowest BCUT2D eigenvalue weighted by Gasteiger charge is -2.45. The van der Waals surface area contributed by atoms with Gasteiger partial charge in [-0.15, -0.1) is 0 Å². The molecule has 0 unspecified atom stereocenters. The summed E-state index contributed by atoms with van der Waals surface area (Å²) >= 11 is 6.84. The average molecular weight is 528 g/mol. The molecule has 5 rings (SSSR count). The number of ether oxygens (including phenoxy) is 1. The first-order chi connectivity index (χ1) is 17.7. The van der Waals surface area contributed by atoms with Gasteiger partial charge in [-0.25, -0.2) is 9.37 Å². The van der Waals surface area contributed by atoms with Crippen LogP contribution in [0.25, 0.3) is 11.3 Å². The summed E-state index contributed by atoms with van der Waals surface area (Å²) in [5.74, 6) is -0.230. The minimum absolute atomic E-state index is 0.0268. The average Bonchev–Trinajstić information content (AvgIpc) is 3.05. The smallest absolute Gasteiger partial charge is 0.261 e. The fourth-order valence-electron chi connectivity index (χ4n) is 5.42. The van der Waals surface area contributed by atoms with Gasteiger partial charge in [0.1, 0.15) is 28.8 Å². The molecule has 10 heteroatoms. The summed E-state index contributed by atoms with van der Waals surface area (Å²) in [5, 5.41) is 0.103. The molecule has 2 fully saturated rings. The lowest BCUT2D eigenvalue weighted by molar-refractivity contribution is -0.128. The van der Waals surface area contributed by atoms with E-state index < -0.39 is 5.82 Å². The number of pyridine rings is 1. The summed E-state index contributed by atoms with van der Waals surface area (Å²) in [6, 6.07) is 6.17. The summed E-state index contributed by atoms with van der Waals surface area (Å²) in [6.07, 6.45) is 1.28. The third-order valence-corrected chi connectivity index (χ3v) is 8.27. The van der Waals surface area contributed by atoms with Gasteiger partial charge < -0.3 is 19.4 Å². The minimum Gasteiger partial charge on any atom is -0.489 e. The van der Waals surface area contributed by atoms with Crippen molar-refractivity contribution < 1.29 is 18.7 Å². The fraction of sp³-hybridized carbons (Fsp3) is 0.444. The lowest BCUT2D eigenvalue weighted by atomic mass is 10.0. The van der Waals surface area contributed by atoms with Gasteiger partial charge in [0, 0.05) is 50.4 Å². The van der Waals surface area contributed by atoms with Crippen LogP contribution in [-0.4, -0.2) is 96.0 Å². The highest BCUT2D eigenvalue weighted by molar-refractivity contribution is 6.35. The van der Waals surface area contributed by atoms with Crippen molar-refractivity contribution in [2.24, 2.45) is 0 Å². The van der Waals surface area contributed by atoms with Gasteiger partial charge in [0.05, 0.1) is 11.7 Å². The molecular weight excluding hydrogens is 497 g/mol. The number of carbonyl (C=O) groups is 2. The van der Waals surface area contributed by atoms with Gasteiger partial charge in [-0.05, 0) is 39.1 Å².